The number of ketones is 1. The number of carboxylic acids is 1. The SMILES string of the molecule is CC1=NC=C(C(=O)O)C(=O)C1c1cccc(C(F)(F)F)c1. The van der Waals surface area contributed by atoms with Gasteiger partial charge in [0.25, 0.3) is 0 Å². The summed E-state index contributed by atoms with van der Waals surface area (Å²) in [7, 11) is 0. The van der Waals surface area contributed by atoms with Crippen molar-refractivity contribution in [2.45, 2.75) is 19.0 Å². The highest BCUT2D eigenvalue weighted by molar-refractivity contribution is 6.27. The average molecular weight is 297 g/mol. The van der Waals surface area contributed by atoms with Gasteiger partial charge in [-0.3, -0.25) is 9.79 Å². The van der Waals surface area contributed by atoms with Gasteiger partial charge in [-0.25, -0.2) is 4.79 Å². The Morgan fingerprint density at radius 3 is 2.57 bits per heavy atom. The Hall–Kier alpha value is -2.44. The molecule has 1 aromatic rings. The first kappa shape index (κ1) is 15.0. The molecule has 110 valence electrons. The molecule has 0 bridgehead atoms. The highest BCUT2D eigenvalue weighted by Crippen LogP contribution is 2.33. The summed E-state index contributed by atoms with van der Waals surface area (Å²) in [6.07, 6.45) is -3.62. The van der Waals surface area contributed by atoms with Crippen molar-refractivity contribution in [3.05, 3.63) is 47.2 Å². The lowest BCUT2D eigenvalue weighted by molar-refractivity contribution is -0.138. The molecule has 1 atom stereocenters. The summed E-state index contributed by atoms with van der Waals surface area (Å²) in [5.41, 5.74) is -1.11. The van der Waals surface area contributed by atoms with Gasteiger partial charge < -0.3 is 5.11 Å². The van der Waals surface area contributed by atoms with Crippen molar-refractivity contribution < 1.29 is 27.9 Å². The minimum atomic E-state index is -4.54. The Kier molecular flexibility index (Phi) is 3.67. The van der Waals surface area contributed by atoms with E-state index < -0.39 is 35.0 Å². The fourth-order valence-electron chi connectivity index (χ4n) is 2.10. The molecule has 1 unspecified atom stereocenters. The summed E-state index contributed by atoms with van der Waals surface area (Å²) >= 11 is 0. The van der Waals surface area contributed by atoms with E-state index in [2.05, 4.69) is 4.99 Å². The minimum Gasteiger partial charge on any atom is -0.478 e. The number of carbonyl (C=O) groups is 2. The third kappa shape index (κ3) is 2.86. The predicted molar refractivity (Wildman–Crippen MR) is 68.0 cm³/mol. The number of benzene rings is 1. The van der Waals surface area contributed by atoms with E-state index in [4.69, 9.17) is 5.11 Å². The molecular weight excluding hydrogens is 287 g/mol. The molecule has 1 aromatic carbocycles. The number of halogens is 3. The first-order valence-electron chi connectivity index (χ1n) is 5.91. The van der Waals surface area contributed by atoms with Crippen LogP contribution in [0.15, 0.2) is 41.0 Å². The molecule has 0 saturated carbocycles. The topological polar surface area (TPSA) is 66.7 Å². The fourth-order valence-corrected chi connectivity index (χ4v) is 2.10. The highest BCUT2D eigenvalue weighted by Gasteiger charge is 2.35. The first-order valence-corrected chi connectivity index (χ1v) is 5.91. The van der Waals surface area contributed by atoms with Crippen molar-refractivity contribution in [3.8, 4) is 0 Å². The summed E-state index contributed by atoms with van der Waals surface area (Å²) < 4.78 is 38.1. The van der Waals surface area contributed by atoms with E-state index in [-0.39, 0.29) is 11.3 Å². The second kappa shape index (κ2) is 5.16. The van der Waals surface area contributed by atoms with Crippen LogP contribution in [0.4, 0.5) is 13.2 Å². The van der Waals surface area contributed by atoms with Gasteiger partial charge in [0, 0.05) is 11.9 Å². The smallest absolute Gasteiger partial charge is 0.416 e. The second-order valence-corrected chi connectivity index (χ2v) is 4.54. The molecule has 0 amide bonds. The van der Waals surface area contributed by atoms with E-state index in [1.807, 2.05) is 0 Å². The van der Waals surface area contributed by atoms with Crippen LogP contribution in [0.1, 0.15) is 24.0 Å². The zero-order valence-electron chi connectivity index (χ0n) is 10.8. The van der Waals surface area contributed by atoms with Crippen LogP contribution in [-0.4, -0.2) is 22.6 Å². The Balaban J connectivity index is 2.48. The summed E-state index contributed by atoms with van der Waals surface area (Å²) in [4.78, 5) is 26.9. The van der Waals surface area contributed by atoms with Gasteiger partial charge in [-0.15, -0.1) is 0 Å². The lowest BCUT2D eigenvalue weighted by Gasteiger charge is -2.20. The lowest BCUT2D eigenvalue weighted by atomic mass is 9.85. The number of carbonyl (C=O) groups excluding carboxylic acids is 1. The maximum atomic E-state index is 12.7. The Morgan fingerprint density at radius 2 is 2.00 bits per heavy atom. The van der Waals surface area contributed by atoms with Crippen molar-refractivity contribution in [3.63, 3.8) is 0 Å². The summed E-state index contributed by atoms with van der Waals surface area (Å²) in [6, 6.07) is 4.25. The molecule has 2 rings (SSSR count). The molecule has 21 heavy (non-hydrogen) atoms. The van der Waals surface area contributed by atoms with Gasteiger partial charge in [0.05, 0.1) is 11.5 Å². The van der Waals surface area contributed by atoms with E-state index in [1.165, 1.54) is 19.1 Å². The Labute approximate surface area is 117 Å². The van der Waals surface area contributed by atoms with Gasteiger partial charge in [0.15, 0.2) is 5.78 Å². The number of hydrogen-bond acceptors (Lipinski definition) is 3. The molecule has 7 heteroatoms. The van der Waals surface area contributed by atoms with E-state index >= 15 is 0 Å². The average Bonchev–Trinajstić information content (AvgIpc) is 2.37. The quantitative estimate of drug-likeness (QED) is 0.854. The zero-order chi connectivity index (χ0) is 15.8. The van der Waals surface area contributed by atoms with Gasteiger partial charge in [-0.1, -0.05) is 18.2 Å². The molecule has 0 aliphatic carbocycles. The number of hydrogen-bond donors (Lipinski definition) is 1. The monoisotopic (exact) mass is 297 g/mol. The molecule has 0 aromatic heterocycles. The van der Waals surface area contributed by atoms with Crippen LogP contribution < -0.4 is 0 Å². The molecule has 0 saturated heterocycles. The van der Waals surface area contributed by atoms with Crippen LogP contribution >= 0.6 is 0 Å². The molecule has 1 aliphatic rings. The normalized spacial score (nSPS) is 19.0. The largest absolute Gasteiger partial charge is 0.478 e. The maximum Gasteiger partial charge on any atom is 0.416 e. The van der Waals surface area contributed by atoms with Crippen LogP contribution in [0.25, 0.3) is 0 Å². The number of nitrogens with zero attached hydrogens (tertiary/aromatic N) is 1. The van der Waals surface area contributed by atoms with Crippen LogP contribution in [0, 0.1) is 0 Å². The van der Waals surface area contributed by atoms with Crippen molar-refractivity contribution in [2.75, 3.05) is 0 Å². The lowest BCUT2D eigenvalue weighted by Crippen LogP contribution is -2.28. The van der Waals surface area contributed by atoms with E-state index in [9.17, 15) is 22.8 Å². The van der Waals surface area contributed by atoms with Crippen LogP contribution in [-0.2, 0) is 15.8 Å². The molecule has 4 nitrogen and oxygen atoms in total. The van der Waals surface area contributed by atoms with Crippen LogP contribution in [0.5, 0.6) is 0 Å². The Bertz CT molecular complexity index is 674. The number of rotatable bonds is 2. The minimum absolute atomic E-state index is 0.0722. The standard InChI is InChI=1S/C14H10F3NO3/c1-7-11(12(19)10(6-18-7)13(20)21)8-3-2-4-9(5-8)14(15,16)17/h2-6,11H,1H3,(H,20,21). The maximum absolute atomic E-state index is 12.7. The van der Waals surface area contributed by atoms with Crippen LogP contribution in [0.2, 0.25) is 0 Å². The number of carboxylic acid groups (broad SMARTS) is 1. The predicted octanol–water partition coefficient (Wildman–Crippen LogP) is 2.80. The zero-order valence-corrected chi connectivity index (χ0v) is 10.8. The number of Topliss-reactive ketones (excluding diaryl/α,β-unsaturated/α-hetero) is 1. The number of aliphatic carboxylic acids is 1. The van der Waals surface area contributed by atoms with Gasteiger partial charge >= 0.3 is 12.1 Å². The number of alkyl halides is 3. The first-order chi connectivity index (χ1) is 9.71. The highest BCUT2D eigenvalue weighted by atomic mass is 19.4. The molecule has 1 aliphatic heterocycles. The molecular formula is C14H10F3NO3. The van der Waals surface area contributed by atoms with Crippen molar-refractivity contribution in [1.82, 2.24) is 0 Å². The molecule has 1 N–H and O–H groups in total. The third-order valence-electron chi connectivity index (χ3n) is 3.12. The molecule has 0 spiro atoms. The van der Waals surface area contributed by atoms with Crippen molar-refractivity contribution in [1.29, 1.82) is 0 Å². The van der Waals surface area contributed by atoms with Gasteiger partial charge in [0.1, 0.15) is 5.57 Å². The van der Waals surface area contributed by atoms with Gasteiger partial charge in [-0.2, -0.15) is 13.2 Å². The Morgan fingerprint density at radius 1 is 1.33 bits per heavy atom. The fraction of sp³-hybridized carbons (Fsp3) is 0.214. The summed E-state index contributed by atoms with van der Waals surface area (Å²) in [5.74, 6) is -3.33. The summed E-state index contributed by atoms with van der Waals surface area (Å²) in [6.45, 7) is 1.47. The molecule has 0 fully saturated rings. The number of aliphatic imine (C=N–C) groups is 1. The van der Waals surface area contributed by atoms with Gasteiger partial charge in [-0.05, 0) is 18.6 Å². The van der Waals surface area contributed by atoms with E-state index in [1.54, 1.807) is 0 Å². The molecule has 1 heterocycles. The second-order valence-electron chi connectivity index (χ2n) is 4.54. The van der Waals surface area contributed by atoms with Crippen LogP contribution in [0.3, 0.4) is 0 Å². The molecule has 0 radical (unpaired) electrons. The third-order valence-corrected chi connectivity index (χ3v) is 3.12. The van der Waals surface area contributed by atoms with E-state index in [0.29, 0.717) is 0 Å². The van der Waals surface area contributed by atoms with Crippen molar-refractivity contribution in [2.24, 2.45) is 4.99 Å². The summed E-state index contributed by atoms with van der Waals surface area (Å²) in [5, 5.41) is 8.91. The van der Waals surface area contributed by atoms with Gasteiger partial charge in [0.2, 0.25) is 0 Å². The van der Waals surface area contributed by atoms with Crippen molar-refractivity contribution >= 4 is 17.5 Å². The van der Waals surface area contributed by atoms with E-state index in [0.717, 1.165) is 18.3 Å².